The fourth-order valence-electron chi connectivity index (χ4n) is 1.60. The molecule has 0 aliphatic rings. The fraction of sp³-hybridized carbons (Fsp3) is 0.500. The Balaban J connectivity index is 2.87. The normalized spacial score (nSPS) is 13.2. The molecule has 3 N–H and O–H groups in total. The van der Waals surface area contributed by atoms with Crippen LogP contribution in [0.2, 0.25) is 5.02 Å². The van der Waals surface area contributed by atoms with Gasteiger partial charge in [-0.25, -0.2) is 0 Å². The third kappa shape index (κ3) is 3.49. The highest BCUT2D eigenvalue weighted by molar-refractivity contribution is 6.31. The Morgan fingerprint density at radius 2 is 2.07 bits per heavy atom. The Hall–Kier alpha value is -0.570. The lowest BCUT2D eigenvalue weighted by Gasteiger charge is -2.19. The summed E-state index contributed by atoms with van der Waals surface area (Å²) in [5, 5.41) is 0.802. The van der Waals surface area contributed by atoms with Crippen LogP contribution in [0.15, 0.2) is 18.2 Å². The highest BCUT2D eigenvalue weighted by Gasteiger charge is 2.12. The molecule has 2 nitrogen and oxygen atoms in total. The zero-order valence-corrected chi connectivity index (χ0v) is 10.3. The quantitative estimate of drug-likeness (QED) is 0.611. The van der Waals surface area contributed by atoms with Crippen LogP contribution < -0.4 is 11.3 Å². The second kappa shape index (κ2) is 5.50. The maximum atomic E-state index is 6.08. The maximum absolute atomic E-state index is 6.08. The molecule has 1 rings (SSSR count). The molecule has 15 heavy (non-hydrogen) atoms. The van der Waals surface area contributed by atoms with Gasteiger partial charge in [0.15, 0.2) is 0 Å². The summed E-state index contributed by atoms with van der Waals surface area (Å²) in [5.41, 5.74) is 5.09. The van der Waals surface area contributed by atoms with Crippen molar-refractivity contribution in [2.45, 2.75) is 33.2 Å². The van der Waals surface area contributed by atoms with Crippen molar-refractivity contribution in [3.63, 3.8) is 0 Å². The topological polar surface area (TPSA) is 38.0 Å². The third-order valence-corrected chi connectivity index (χ3v) is 2.91. The molecule has 0 spiro atoms. The van der Waals surface area contributed by atoms with E-state index in [1.165, 1.54) is 0 Å². The number of rotatable bonds is 4. The van der Waals surface area contributed by atoms with Gasteiger partial charge in [0.2, 0.25) is 0 Å². The molecule has 0 heterocycles. The Labute approximate surface area is 96.8 Å². The molecular weight excluding hydrogens is 208 g/mol. The molecule has 1 atom stereocenters. The zero-order valence-electron chi connectivity index (χ0n) is 9.55. The van der Waals surface area contributed by atoms with E-state index in [1.54, 1.807) is 0 Å². The lowest BCUT2D eigenvalue weighted by atomic mass is 9.97. The Kier molecular flexibility index (Phi) is 4.58. The van der Waals surface area contributed by atoms with Crippen LogP contribution in [0, 0.1) is 12.8 Å². The van der Waals surface area contributed by atoms with E-state index in [-0.39, 0.29) is 6.04 Å². The van der Waals surface area contributed by atoms with Crippen LogP contribution in [0.5, 0.6) is 0 Å². The van der Waals surface area contributed by atoms with Crippen LogP contribution >= 0.6 is 11.6 Å². The summed E-state index contributed by atoms with van der Waals surface area (Å²) in [6, 6.07) is 6.28. The van der Waals surface area contributed by atoms with Crippen LogP contribution in [0.4, 0.5) is 0 Å². The molecule has 0 aliphatic carbocycles. The second-order valence-electron chi connectivity index (χ2n) is 4.36. The summed E-state index contributed by atoms with van der Waals surface area (Å²) in [7, 11) is 0. The Morgan fingerprint density at radius 1 is 1.40 bits per heavy atom. The summed E-state index contributed by atoms with van der Waals surface area (Å²) < 4.78 is 0. The molecule has 0 fully saturated rings. The van der Waals surface area contributed by atoms with Crippen molar-refractivity contribution in [3.8, 4) is 0 Å². The van der Waals surface area contributed by atoms with E-state index in [0.29, 0.717) is 5.92 Å². The number of hydrogen-bond donors (Lipinski definition) is 2. The van der Waals surface area contributed by atoms with Crippen LogP contribution in [0.25, 0.3) is 0 Å². The lowest BCUT2D eigenvalue weighted by molar-refractivity contribution is 0.438. The summed E-state index contributed by atoms with van der Waals surface area (Å²) in [6.07, 6.45) is 1.01. The minimum absolute atomic E-state index is 0.183. The average Bonchev–Trinajstić information content (AvgIpc) is 2.18. The number of nitrogens with two attached hydrogens (primary N) is 1. The number of aryl methyl sites for hydroxylation is 1. The molecule has 1 aromatic carbocycles. The third-order valence-electron chi connectivity index (χ3n) is 2.51. The van der Waals surface area contributed by atoms with Gasteiger partial charge in [-0.15, -0.1) is 0 Å². The minimum atomic E-state index is 0.183. The molecule has 0 saturated carbocycles. The van der Waals surface area contributed by atoms with Crippen LogP contribution in [-0.4, -0.2) is 0 Å². The number of hydrazine groups is 1. The number of nitrogens with one attached hydrogen (secondary N) is 1. The molecule has 0 saturated heterocycles. The summed E-state index contributed by atoms with van der Waals surface area (Å²) in [6.45, 7) is 6.36. The molecule has 1 aromatic rings. The van der Waals surface area contributed by atoms with Crippen molar-refractivity contribution in [3.05, 3.63) is 34.3 Å². The molecule has 0 radical (unpaired) electrons. The fourth-order valence-corrected chi connectivity index (χ4v) is 1.79. The van der Waals surface area contributed by atoms with Gasteiger partial charge >= 0.3 is 0 Å². The molecule has 3 heteroatoms. The van der Waals surface area contributed by atoms with Crippen molar-refractivity contribution in [1.82, 2.24) is 5.43 Å². The van der Waals surface area contributed by atoms with Gasteiger partial charge in [0.1, 0.15) is 0 Å². The predicted octanol–water partition coefficient (Wildman–Crippen LogP) is 3.20. The summed E-state index contributed by atoms with van der Waals surface area (Å²) >= 11 is 6.08. The van der Waals surface area contributed by atoms with E-state index >= 15 is 0 Å². The van der Waals surface area contributed by atoms with Crippen LogP contribution in [0.3, 0.4) is 0 Å². The highest BCUT2D eigenvalue weighted by atomic mass is 35.5. The average molecular weight is 227 g/mol. The van der Waals surface area contributed by atoms with Gasteiger partial charge in [-0.2, -0.15) is 0 Å². The van der Waals surface area contributed by atoms with Crippen molar-refractivity contribution in [2.24, 2.45) is 11.8 Å². The van der Waals surface area contributed by atoms with Crippen molar-refractivity contribution in [1.29, 1.82) is 0 Å². The van der Waals surface area contributed by atoms with Crippen LogP contribution in [0.1, 0.15) is 37.4 Å². The Bertz CT molecular complexity index is 323. The standard InChI is InChI=1S/C12H19ClN2/c1-8(2)6-12(15-14)10-5-4-9(3)11(13)7-10/h4-5,7-8,12,15H,6,14H2,1-3H3. The van der Waals surface area contributed by atoms with Gasteiger partial charge in [-0.05, 0) is 36.5 Å². The van der Waals surface area contributed by atoms with E-state index in [9.17, 15) is 0 Å². The van der Waals surface area contributed by atoms with Gasteiger partial charge in [0.05, 0.1) is 0 Å². The molecule has 0 aromatic heterocycles. The summed E-state index contributed by atoms with van der Waals surface area (Å²) in [5.74, 6) is 6.15. The van der Waals surface area contributed by atoms with Crippen molar-refractivity contribution >= 4 is 11.6 Å². The first kappa shape index (κ1) is 12.5. The van der Waals surface area contributed by atoms with Gasteiger partial charge in [-0.3, -0.25) is 11.3 Å². The maximum Gasteiger partial charge on any atom is 0.0462 e. The molecule has 0 aliphatic heterocycles. The molecule has 0 bridgehead atoms. The van der Waals surface area contributed by atoms with E-state index in [2.05, 4.69) is 25.3 Å². The first-order valence-corrected chi connectivity index (χ1v) is 5.64. The molecule has 0 amide bonds. The van der Waals surface area contributed by atoms with Gasteiger partial charge in [-0.1, -0.05) is 37.6 Å². The van der Waals surface area contributed by atoms with E-state index in [4.69, 9.17) is 17.4 Å². The first-order chi connectivity index (χ1) is 7.04. The SMILES string of the molecule is Cc1ccc(C(CC(C)C)NN)cc1Cl. The van der Waals surface area contributed by atoms with E-state index in [0.717, 1.165) is 22.6 Å². The first-order valence-electron chi connectivity index (χ1n) is 5.26. The highest BCUT2D eigenvalue weighted by Crippen LogP contribution is 2.24. The number of hydrogen-bond acceptors (Lipinski definition) is 2. The van der Waals surface area contributed by atoms with E-state index < -0.39 is 0 Å². The number of benzene rings is 1. The number of halogens is 1. The zero-order chi connectivity index (χ0) is 11.4. The van der Waals surface area contributed by atoms with Gasteiger partial charge in [0, 0.05) is 11.1 Å². The molecule has 84 valence electrons. The molecule has 1 unspecified atom stereocenters. The largest absolute Gasteiger partial charge is 0.271 e. The van der Waals surface area contributed by atoms with Crippen molar-refractivity contribution < 1.29 is 0 Å². The lowest BCUT2D eigenvalue weighted by Crippen LogP contribution is -2.29. The van der Waals surface area contributed by atoms with Gasteiger partial charge < -0.3 is 0 Å². The second-order valence-corrected chi connectivity index (χ2v) is 4.76. The predicted molar refractivity (Wildman–Crippen MR) is 65.7 cm³/mol. The van der Waals surface area contributed by atoms with Crippen molar-refractivity contribution in [2.75, 3.05) is 0 Å². The minimum Gasteiger partial charge on any atom is -0.271 e. The van der Waals surface area contributed by atoms with Crippen LogP contribution in [-0.2, 0) is 0 Å². The van der Waals surface area contributed by atoms with Gasteiger partial charge in [0.25, 0.3) is 0 Å². The monoisotopic (exact) mass is 226 g/mol. The Morgan fingerprint density at radius 3 is 2.53 bits per heavy atom. The van der Waals surface area contributed by atoms with E-state index in [1.807, 2.05) is 19.1 Å². The molecular formula is C12H19ClN2. The summed E-state index contributed by atoms with van der Waals surface area (Å²) in [4.78, 5) is 0. The smallest absolute Gasteiger partial charge is 0.0462 e.